The van der Waals surface area contributed by atoms with Gasteiger partial charge in [0.1, 0.15) is 0 Å². The quantitative estimate of drug-likeness (QED) is 0.773. The van der Waals surface area contributed by atoms with Gasteiger partial charge in [0.05, 0.1) is 24.5 Å². The Morgan fingerprint density at radius 1 is 0.941 bits per heavy atom. The predicted octanol–water partition coefficient (Wildman–Crippen LogP) is 3.61. The Hall–Kier alpha value is -1.80. The molecule has 2 nitrogen and oxygen atoms in total. The summed E-state index contributed by atoms with van der Waals surface area (Å²) >= 11 is 0. The van der Waals surface area contributed by atoms with Gasteiger partial charge in [-0.2, -0.15) is 10.5 Å². The van der Waals surface area contributed by atoms with E-state index in [0.29, 0.717) is 6.42 Å². The van der Waals surface area contributed by atoms with Crippen LogP contribution in [0.5, 0.6) is 0 Å². The van der Waals surface area contributed by atoms with E-state index < -0.39 is 0 Å². The maximum atomic E-state index is 9.10. The minimum Gasteiger partial charge on any atom is -0.198 e. The lowest BCUT2D eigenvalue weighted by Gasteiger charge is -2.20. The van der Waals surface area contributed by atoms with Crippen molar-refractivity contribution in [1.82, 2.24) is 0 Å². The van der Waals surface area contributed by atoms with E-state index in [-0.39, 0.29) is 5.92 Å². The molecule has 0 saturated carbocycles. The molecule has 0 amide bonds. The van der Waals surface area contributed by atoms with Gasteiger partial charge in [-0.15, -0.1) is 0 Å². The zero-order chi connectivity index (χ0) is 13.2. The second kappa shape index (κ2) is 5.02. The minimum absolute atomic E-state index is 0.119. The van der Waals surface area contributed by atoms with Crippen LogP contribution < -0.4 is 0 Å². The van der Waals surface area contributed by atoms with Gasteiger partial charge in [0.25, 0.3) is 0 Å². The van der Waals surface area contributed by atoms with E-state index in [0.717, 1.165) is 16.7 Å². The third kappa shape index (κ3) is 2.17. The van der Waals surface area contributed by atoms with Gasteiger partial charge in [-0.3, -0.25) is 0 Å². The second-order valence-electron chi connectivity index (χ2n) is 4.58. The maximum absolute atomic E-state index is 9.10. The average molecular weight is 226 g/mol. The topological polar surface area (TPSA) is 47.6 Å². The summed E-state index contributed by atoms with van der Waals surface area (Å²) in [5, 5.41) is 18.0. The number of hydrogen-bond acceptors (Lipinski definition) is 2. The molecule has 0 spiro atoms. The van der Waals surface area contributed by atoms with Gasteiger partial charge in [0.15, 0.2) is 0 Å². The van der Waals surface area contributed by atoms with Crippen LogP contribution in [-0.4, -0.2) is 0 Å². The van der Waals surface area contributed by atoms with E-state index in [1.165, 1.54) is 16.7 Å². The molecule has 1 atom stereocenters. The highest BCUT2D eigenvalue weighted by atomic mass is 14.3. The van der Waals surface area contributed by atoms with Crippen LogP contribution in [0.4, 0.5) is 0 Å². The fourth-order valence-corrected chi connectivity index (χ4v) is 2.49. The maximum Gasteiger partial charge on any atom is 0.0701 e. The van der Waals surface area contributed by atoms with Crippen LogP contribution in [0.15, 0.2) is 0 Å². The number of benzene rings is 1. The molecule has 0 aliphatic carbocycles. The van der Waals surface area contributed by atoms with Crippen LogP contribution in [0.25, 0.3) is 0 Å². The van der Waals surface area contributed by atoms with Crippen molar-refractivity contribution in [2.75, 3.05) is 0 Å². The summed E-state index contributed by atoms with van der Waals surface area (Å²) in [5.74, 6) is -0.119. The molecule has 2 heteroatoms. The van der Waals surface area contributed by atoms with Gasteiger partial charge < -0.3 is 0 Å². The van der Waals surface area contributed by atoms with Crippen LogP contribution in [-0.2, 0) is 6.42 Å². The molecule has 0 N–H and O–H groups in total. The van der Waals surface area contributed by atoms with Crippen molar-refractivity contribution in [3.8, 4) is 12.1 Å². The van der Waals surface area contributed by atoms with Crippen LogP contribution in [0.1, 0.15) is 46.2 Å². The first kappa shape index (κ1) is 13.3. The molecular formula is C15H18N2. The molecule has 0 heterocycles. The summed E-state index contributed by atoms with van der Waals surface area (Å²) in [5.41, 5.74) is 6.89. The number of rotatable bonds is 2. The van der Waals surface area contributed by atoms with Crippen LogP contribution in [0.2, 0.25) is 0 Å². The molecule has 17 heavy (non-hydrogen) atoms. The van der Waals surface area contributed by atoms with Gasteiger partial charge >= 0.3 is 0 Å². The fraction of sp³-hybridized carbons (Fsp3) is 0.467. The standard InChI is InChI=1S/C15H18N2/c1-9(8-17)15-12(4)10(2)11(3)14(6-7-16)13(15)5/h9H,6H2,1-5H3/t9-/m1/s1. The Kier molecular flexibility index (Phi) is 3.92. The van der Waals surface area contributed by atoms with Gasteiger partial charge in [-0.05, 0) is 68.0 Å². The zero-order valence-corrected chi connectivity index (χ0v) is 11.2. The van der Waals surface area contributed by atoms with E-state index in [4.69, 9.17) is 10.5 Å². The number of nitriles is 2. The molecule has 0 saturated heterocycles. The summed E-state index contributed by atoms with van der Waals surface area (Å²) in [4.78, 5) is 0. The Balaban J connectivity index is 3.64. The van der Waals surface area contributed by atoms with Gasteiger partial charge in [-0.25, -0.2) is 0 Å². The first-order valence-corrected chi connectivity index (χ1v) is 5.81. The van der Waals surface area contributed by atoms with E-state index in [2.05, 4.69) is 32.9 Å². The molecule has 0 bridgehead atoms. The van der Waals surface area contributed by atoms with E-state index in [1.807, 2.05) is 13.8 Å². The van der Waals surface area contributed by atoms with Crippen molar-refractivity contribution in [1.29, 1.82) is 10.5 Å². The van der Waals surface area contributed by atoms with E-state index >= 15 is 0 Å². The molecule has 1 aromatic carbocycles. The minimum atomic E-state index is -0.119. The largest absolute Gasteiger partial charge is 0.198 e. The van der Waals surface area contributed by atoms with E-state index in [1.54, 1.807) is 0 Å². The SMILES string of the molecule is Cc1c(C)c(CC#N)c(C)c([C@H](C)C#N)c1C. The lowest BCUT2D eigenvalue weighted by molar-refractivity contribution is 0.927. The van der Waals surface area contributed by atoms with Gasteiger partial charge in [0.2, 0.25) is 0 Å². The second-order valence-corrected chi connectivity index (χ2v) is 4.58. The van der Waals surface area contributed by atoms with Crippen LogP contribution in [0, 0.1) is 50.4 Å². The highest BCUT2D eigenvalue weighted by Gasteiger charge is 2.18. The van der Waals surface area contributed by atoms with Crippen molar-refractivity contribution in [3.05, 3.63) is 33.4 Å². The molecule has 88 valence electrons. The Morgan fingerprint density at radius 2 is 1.53 bits per heavy atom. The van der Waals surface area contributed by atoms with Gasteiger partial charge in [-0.1, -0.05) is 0 Å². The monoisotopic (exact) mass is 226 g/mol. The Bertz CT molecular complexity index is 528. The smallest absolute Gasteiger partial charge is 0.0701 e. The summed E-state index contributed by atoms with van der Waals surface area (Å²) in [6, 6.07) is 4.51. The molecule has 0 aromatic heterocycles. The molecule has 1 rings (SSSR count). The molecule has 0 fully saturated rings. The molecule has 0 unspecified atom stereocenters. The number of hydrogen-bond donors (Lipinski definition) is 0. The Labute approximate surface area is 104 Å². The summed E-state index contributed by atoms with van der Waals surface area (Å²) in [6.07, 6.45) is 0.421. The summed E-state index contributed by atoms with van der Waals surface area (Å²) in [7, 11) is 0. The third-order valence-electron chi connectivity index (χ3n) is 3.72. The van der Waals surface area contributed by atoms with Crippen molar-refractivity contribution in [2.45, 2.75) is 47.0 Å². The lowest BCUT2D eigenvalue weighted by atomic mass is 9.83. The van der Waals surface area contributed by atoms with Crippen molar-refractivity contribution >= 4 is 0 Å². The molecule has 0 aliphatic heterocycles. The average Bonchev–Trinajstić information content (AvgIpc) is 2.32. The Morgan fingerprint density at radius 3 is 2.00 bits per heavy atom. The van der Waals surface area contributed by atoms with Crippen molar-refractivity contribution in [2.24, 2.45) is 0 Å². The predicted molar refractivity (Wildman–Crippen MR) is 68.7 cm³/mol. The normalized spacial score (nSPS) is 11.7. The van der Waals surface area contributed by atoms with Crippen molar-refractivity contribution in [3.63, 3.8) is 0 Å². The lowest BCUT2D eigenvalue weighted by Crippen LogP contribution is -2.07. The van der Waals surface area contributed by atoms with Crippen LogP contribution in [0.3, 0.4) is 0 Å². The molecule has 0 aliphatic rings. The highest BCUT2D eigenvalue weighted by Crippen LogP contribution is 2.31. The molecule has 1 aromatic rings. The first-order valence-electron chi connectivity index (χ1n) is 5.81. The van der Waals surface area contributed by atoms with E-state index in [9.17, 15) is 0 Å². The first-order chi connectivity index (χ1) is 7.95. The molecule has 0 radical (unpaired) electrons. The molecular weight excluding hydrogens is 208 g/mol. The van der Waals surface area contributed by atoms with Crippen molar-refractivity contribution < 1.29 is 0 Å². The number of nitrogens with zero attached hydrogens (tertiary/aromatic N) is 2. The fourth-order valence-electron chi connectivity index (χ4n) is 2.49. The zero-order valence-electron chi connectivity index (χ0n) is 11.2. The summed E-state index contributed by atoms with van der Waals surface area (Å²) in [6.45, 7) is 10.1. The highest BCUT2D eigenvalue weighted by molar-refractivity contribution is 5.53. The summed E-state index contributed by atoms with van der Waals surface area (Å²) < 4.78 is 0. The van der Waals surface area contributed by atoms with Crippen LogP contribution >= 0.6 is 0 Å². The third-order valence-corrected chi connectivity index (χ3v) is 3.72. The van der Waals surface area contributed by atoms with Gasteiger partial charge in [0, 0.05) is 0 Å².